The molecule has 5 heteroatoms. The highest BCUT2D eigenvalue weighted by atomic mass is 79.9. The van der Waals surface area contributed by atoms with Gasteiger partial charge in [0.05, 0.1) is 15.2 Å². The lowest BCUT2D eigenvalue weighted by Gasteiger charge is -2.17. The van der Waals surface area contributed by atoms with Crippen LogP contribution in [0, 0.1) is 0 Å². The van der Waals surface area contributed by atoms with Crippen LogP contribution >= 0.6 is 27.5 Å². The summed E-state index contributed by atoms with van der Waals surface area (Å²) in [5.41, 5.74) is 6.17. The predicted octanol–water partition coefficient (Wildman–Crippen LogP) is 3.56. The quantitative estimate of drug-likeness (QED) is 0.891. The molecule has 0 heterocycles. The van der Waals surface area contributed by atoms with E-state index < -0.39 is 0 Å². The van der Waals surface area contributed by atoms with E-state index in [1.54, 1.807) is 18.2 Å². The highest BCUT2D eigenvalue weighted by Crippen LogP contribution is 2.30. The van der Waals surface area contributed by atoms with Gasteiger partial charge < -0.3 is 11.1 Å². The second-order valence-electron chi connectivity index (χ2n) is 4.64. The second-order valence-corrected chi connectivity index (χ2v) is 5.84. The van der Waals surface area contributed by atoms with E-state index in [4.69, 9.17) is 17.3 Å². The maximum atomic E-state index is 11.7. The molecule has 0 saturated heterocycles. The molecule has 3 N–H and O–H groups in total. The van der Waals surface area contributed by atoms with E-state index in [1.165, 1.54) is 0 Å². The Morgan fingerprint density at radius 3 is 2.76 bits per heavy atom. The predicted molar refractivity (Wildman–Crippen MR) is 75.3 cm³/mol. The van der Waals surface area contributed by atoms with Crippen molar-refractivity contribution in [3.8, 4) is 0 Å². The van der Waals surface area contributed by atoms with Crippen molar-refractivity contribution in [3.05, 3.63) is 27.7 Å². The largest absolute Gasteiger partial charge is 0.326 e. The molecular weight excluding hydrogens is 304 g/mol. The zero-order chi connectivity index (χ0) is 13.1. The summed E-state index contributed by atoms with van der Waals surface area (Å²) >= 11 is 9.26. The van der Waals surface area contributed by atoms with E-state index in [9.17, 15) is 4.79 Å². The Bertz CT molecular complexity index is 415. The van der Waals surface area contributed by atoms with E-state index in [0.29, 0.717) is 28.0 Å². The average Bonchev–Trinajstić information content (AvgIpc) is 2.21. The summed E-state index contributed by atoms with van der Waals surface area (Å²) in [5, 5.41) is 3.37. The van der Waals surface area contributed by atoms with Gasteiger partial charge >= 0.3 is 0 Å². The van der Waals surface area contributed by atoms with Crippen molar-refractivity contribution in [2.24, 2.45) is 5.73 Å². The van der Waals surface area contributed by atoms with Crippen molar-refractivity contribution in [3.63, 3.8) is 0 Å². The van der Waals surface area contributed by atoms with Crippen LogP contribution in [0.5, 0.6) is 0 Å². The summed E-state index contributed by atoms with van der Waals surface area (Å²) in [6, 6.07) is 5.33. The molecule has 0 aliphatic rings. The molecule has 0 bridgehead atoms. The van der Waals surface area contributed by atoms with Crippen LogP contribution in [-0.2, 0) is 4.79 Å². The molecule has 1 rings (SSSR count). The number of halogens is 2. The lowest BCUT2D eigenvalue weighted by atomic mass is 10.00. The zero-order valence-electron chi connectivity index (χ0n) is 9.89. The van der Waals surface area contributed by atoms with Gasteiger partial charge in [0.1, 0.15) is 0 Å². The Kier molecular flexibility index (Phi) is 4.98. The number of hydrogen-bond acceptors (Lipinski definition) is 2. The van der Waals surface area contributed by atoms with Gasteiger partial charge in [0, 0.05) is 12.0 Å². The number of carbonyl (C=O) groups is 1. The Morgan fingerprint density at radius 1 is 1.53 bits per heavy atom. The van der Waals surface area contributed by atoms with Gasteiger partial charge in [-0.1, -0.05) is 17.7 Å². The fraction of sp³-hybridized carbons (Fsp3) is 0.417. The molecule has 0 radical (unpaired) electrons. The van der Waals surface area contributed by atoms with Gasteiger partial charge in [-0.25, -0.2) is 0 Å². The van der Waals surface area contributed by atoms with Crippen molar-refractivity contribution >= 4 is 39.1 Å². The van der Waals surface area contributed by atoms with Crippen molar-refractivity contribution in [2.45, 2.75) is 32.2 Å². The molecule has 94 valence electrons. The molecular formula is C12H16BrClN2O. The molecule has 1 aromatic rings. The van der Waals surface area contributed by atoms with E-state index in [0.717, 1.165) is 0 Å². The smallest absolute Gasteiger partial charge is 0.224 e. The molecule has 0 aromatic heterocycles. The van der Waals surface area contributed by atoms with Crippen LogP contribution in [0.15, 0.2) is 22.7 Å². The number of nitrogens with two attached hydrogens (primary N) is 1. The first-order chi connectivity index (χ1) is 7.79. The lowest BCUT2D eigenvalue weighted by Crippen LogP contribution is -2.33. The topological polar surface area (TPSA) is 55.1 Å². The molecule has 0 fully saturated rings. The number of carbonyl (C=O) groups excluding carboxylic acids is 1. The number of rotatable bonds is 4. The van der Waals surface area contributed by atoms with E-state index >= 15 is 0 Å². The summed E-state index contributed by atoms with van der Waals surface area (Å²) in [6.45, 7) is 3.80. The second kappa shape index (κ2) is 5.85. The number of benzene rings is 1. The third kappa shape index (κ3) is 5.06. The normalized spacial score (nSPS) is 11.4. The minimum atomic E-state index is -0.330. The van der Waals surface area contributed by atoms with Gasteiger partial charge in [0.15, 0.2) is 0 Å². The molecule has 1 aromatic carbocycles. The summed E-state index contributed by atoms with van der Waals surface area (Å²) in [4.78, 5) is 11.7. The summed E-state index contributed by atoms with van der Waals surface area (Å²) < 4.78 is 0.696. The Morgan fingerprint density at radius 2 is 2.18 bits per heavy atom. The van der Waals surface area contributed by atoms with Crippen molar-refractivity contribution in [2.75, 3.05) is 5.32 Å². The zero-order valence-corrected chi connectivity index (χ0v) is 12.2. The monoisotopic (exact) mass is 318 g/mol. The number of hydrogen-bond donors (Lipinski definition) is 2. The fourth-order valence-corrected chi connectivity index (χ4v) is 1.79. The molecule has 17 heavy (non-hydrogen) atoms. The minimum Gasteiger partial charge on any atom is -0.326 e. The van der Waals surface area contributed by atoms with Crippen LogP contribution in [-0.4, -0.2) is 11.4 Å². The molecule has 0 aliphatic heterocycles. The van der Waals surface area contributed by atoms with Gasteiger partial charge in [-0.15, -0.1) is 0 Å². The molecule has 3 nitrogen and oxygen atoms in total. The molecule has 0 aliphatic carbocycles. The first-order valence-electron chi connectivity index (χ1n) is 5.32. The Labute approximate surface area is 115 Å². The van der Waals surface area contributed by atoms with Gasteiger partial charge in [-0.05, 0) is 48.3 Å². The lowest BCUT2D eigenvalue weighted by molar-refractivity contribution is -0.116. The number of amides is 1. The summed E-state index contributed by atoms with van der Waals surface area (Å²) in [6.07, 6.45) is 1.03. The maximum Gasteiger partial charge on any atom is 0.224 e. The average molecular weight is 320 g/mol. The molecule has 0 atom stereocenters. The van der Waals surface area contributed by atoms with Crippen LogP contribution in [0.1, 0.15) is 26.7 Å². The van der Waals surface area contributed by atoms with Gasteiger partial charge in [0.2, 0.25) is 5.91 Å². The molecule has 0 spiro atoms. The Balaban J connectivity index is 2.60. The van der Waals surface area contributed by atoms with E-state index in [-0.39, 0.29) is 11.4 Å². The highest BCUT2D eigenvalue weighted by molar-refractivity contribution is 9.10. The Hall–Kier alpha value is -0.580. The van der Waals surface area contributed by atoms with Crippen LogP contribution in [0.25, 0.3) is 0 Å². The van der Waals surface area contributed by atoms with Crippen LogP contribution in [0.4, 0.5) is 5.69 Å². The first kappa shape index (κ1) is 14.5. The fourth-order valence-electron chi connectivity index (χ4n) is 1.25. The standard InChI is InChI=1S/C12H16BrClN2O/c1-12(2,15)7-6-10(17)16-9-5-3-4-8(14)11(9)13/h3-5H,6-7,15H2,1-2H3,(H,16,17). The highest BCUT2D eigenvalue weighted by Gasteiger charge is 2.14. The van der Waals surface area contributed by atoms with Gasteiger partial charge in [-0.2, -0.15) is 0 Å². The molecule has 1 amide bonds. The summed E-state index contributed by atoms with van der Waals surface area (Å²) in [7, 11) is 0. The molecule has 0 saturated carbocycles. The van der Waals surface area contributed by atoms with Crippen LogP contribution in [0.3, 0.4) is 0 Å². The summed E-state index contributed by atoms with van der Waals surface area (Å²) in [5.74, 6) is -0.0634. The van der Waals surface area contributed by atoms with Crippen molar-refractivity contribution in [1.82, 2.24) is 0 Å². The number of nitrogens with one attached hydrogen (secondary N) is 1. The first-order valence-corrected chi connectivity index (χ1v) is 6.49. The maximum absolute atomic E-state index is 11.7. The van der Waals surface area contributed by atoms with Crippen LogP contribution < -0.4 is 11.1 Å². The number of anilines is 1. The third-order valence-electron chi connectivity index (χ3n) is 2.22. The van der Waals surface area contributed by atoms with E-state index in [2.05, 4.69) is 21.2 Å². The SMILES string of the molecule is CC(C)(N)CCC(=O)Nc1cccc(Cl)c1Br. The van der Waals surface area contributed by atoms with Gasteiger partial charge in [0.25, 0.3) is 0 Å². The van der Waals surface area contributed by atoms with Crippen molar-refractivity contribution in [1.29, 1.82) is 0 Å². The van der Waals surface area contributed by atoms with Gasteiger partial charge in [-0.3, -0.25) is 4.79 Å². The van der Waals surface area contributed by atoms with Crippen molar-refractivity contribution < 1.29 is 4.79 Å². The molecule has 0 unspecified atom stereocenters. The van der Waals surface area contributed by atoms with Crippen LogP contribution in [0.2, 0.25) is 5.02 Å². The third-order valence-corrected chi connectivity index (χ3v) is 3.62. The van der Waals surface area contributed by atoms with E-state index in [1.807, 2.05) is 13.8 Å². The minimum absolute atomic E-state index is 0.0634.